The van der Waals surface area contributed by atoms with E-state index in [2.05, 4.69) is 37.8 Å². The molecule has 82 valence electrons. The largest absolute Gasteiger partial charge is 0.399 e. The number of nitrogen functional groups attached to an aromatic ring is 1. The van der Waals surface area contributed by atoms with E-state index < -0.39 is 0 Å². The zero-order chi connectivity index (χ0) is 11.1. The van der Waals surface area contributed by atoms with Crippen LogP contribution in [0.2, 0.25) is 0 Å². The molecule has 0 spiro atoms. The van der Waals surface area contributed by atoms with Crippen LogP contribution in [0.4, 0.5) is 11.4 Å². The Morgan fingerprint density at radius 2 is 2.00 bits per heavy atom. The predicted molar refractivity (Wildman–Crippen MR) is 66.3 cm³/mol. The van der Waals surface area contributed by atoms with Gasteiger partial charge in [-0.05, 0) is 57.4 Å². The molecule has 1 heterocycles. The SMILES string of the molecule is Cc1cc(N)cc(N2CCCC2(C)C)c1. The predicted octanol–water partition coefficient (Wildman–Crippen LogP) is 2.96. The molecular weight excluding hydrogens is 184 g/mol. The van der Waals surface area contributed by atoms with E-state index in [1.807, 2.05) is 6.07 Å². The second-order valence-corrected chi connectivity index (χ2v) is 5.17. The van der Waals surface area contributed by atoms with Gasteiger partial charge in [-0.15, -0.1) is 0 Å². The van der Waals surface area contributed by atoms with Crippen LogP contribution in [0.1, 0.15) is 32.3 Å². The van der Waals surface area contributed by atoms with Gasteiger partial charge in [0.15, 0.2) is 0 Å². The number of nitrogens with two attached hydrogens (primary N) is 1. The molecule has 1 fully saturated rings. The molecule has 0 radical (unpaired) electrons. The highest BCUT2D eigenvalue weighted by atomic mass is 15.2. The lowest BCUT2D eigenvalue weighted by Crippen LogP contribution is -2.38. The van der Waals surface area contributed by atoms with Crippen LogP contribution >= 0.6 is 0 Å². The topological polar surface area (TPSA) is 29.3 Å². The summed E-state index contributed by atoms with van der Waals surface area (Å²) in [5.41, 5.74) is 9.55. The molecule has 0 aromatic heterocycles. The van der Waals surface area contributed by atoms with Gasteiger partial charge in [-0.2, -0.15) is 0 Å². The molecule has 2 nitrogen and oxygen atoms in total. The zero-order valence-electron chi connectivity index (χ0n) is 9.88. The lowest BCUT2D eigenvalue weighted by molar-refractivity contribution is 0.518. The van der Waals surface area contributed by atoms with Crippen molar-refractivity contribution < 1.29 is 0 Å². The van der Waals surface area contributed by atoms with E-state index in [-0.39, 0.29) is 5.54 Å². The van der Waals surface area contributed by atoms with Crippen LogP contribution < -0.4 is 10.6 Å². The summed E-state index contributed by atoms with van der Waals surface area (Å²) in [5, 5.41) is 0. The third kappa shape index (κ3) is 1.94. The first kappa shape index (κ1) is 10.3. The van der Waals surface area contributed by atoms with E-state index in [0.717, 1.165) is 12.2 Å². The number of nitrogens with zero attached hydrogens (tertiary/aromatic N) is 1. The van der Waals surface area contributed by atoms with Crippen molar-refractivity contribution in [3.8, 4) is 0 Å². The van der Waals surface area contributed by atoms with E-state index in [4.69, 9.17) is 5.73 Å². The molecule has 0 aliphatic carbocycles. The standard InChI is InChI=1S/C13H20N2/c1-10-7-11(14)9-12(8-10)15-6-4-5-13(15,2)3/h7-9H,4-6,14H2,1-3H3. The van der Waals surface area contributed by atoms with Crippen LogP contribution in [0.15, 0.2) is 18.2 Å². The molecule has 1 aliphatic heterocycles. The molecule has 2 N–H and O–H groups in total. The van der Waals surface area contributed by atoms with Crippen LogP contribution in [0, 0.1) is 6.92 Å². The van der Waals surface area contributed by atoms with E-state index in [9.17, 15) is 0 Å². The van der Waals surface area contributed by atoms with Crippen molar-refractivity contribution in [1.29, 1.82) is 0 Å². The third-order valence-corrected chi connectivity index (χ3v) is 3.30. The monoisotopic (exact) mass is 204 g/mol. The Morgan fingerprint density at radius 1 is 1.27 bits per heavy atom. The van der Waals surface area contributed by atoms with Crippen LogP contribution in [-0.2, 0) is 0 Å². The smallest absolute Gasteiger partial charge is 0.0393 e. The number of hydrogen-bond acceptors (Lipinski definition) is 2. The Balaban J connectivity index is 2.37. The van der Waals surface area contributed by atoms with Gasteiger partial charge < -0.3 is 10.6 Å². The van der Waals surface area contributed by atoms with E-state index in [1.165, 1.54) is 24.1 Å². The van der Waals surface area contributed by atoms with Gasteiger partial charge >= 0.3 is 0 Å². The maximum Gasteiger partial charge on any atom is 0.0393 e. The van der Waals surface area contributed by atoms with Gasteiger partial charge in [-0.25, -0.2) is 0 Å². The molecule has 2 heteroatoms. The molecule has 1 aromatic rings. The van der Waals surface area contributed by atoms with Crippen LogP contribution in [0.3, 0.4) is 0 Å². The minimum atomic E-state index is 0.278. The Kier molecular flexibility index (Phi) is 2.37. The second kappa shape index (κ2) is 3.44. The summed E-state index contributed by atoms with van der Waals surface area (Å²) in [4.78, 5) is 2.47. The van der Waals surface area contributed by atoms with Crippen molar-refractivity contribution in [1.82, 2.24) is 0 Å². The van der Waals surface area contributed by atoms with Crippen LogP contribution in [0.25, 0.3) is 0 Å². The molecular formula is C13H20N2. The van der Waals surface area contributed by atoms with Gasteiger partial charge in [0, 0.05) is 23.5 Å². The second-order valence-electron chi connectivity index (χ2n) is 5.17. The van der Waals surface area contributed by atoms with Gasteiger partial charge in [0.2, 0.25) is 0 Å². The van der Waals surface area contributed by atoms with Gasteiger partial charge in [-0.3, -0.25) is 0 Å². The lowest BCUT2D eigenvalue weighted by Gasteiger charge is -2.34. The first-order chi connectivity index (χ1) is 6.99. The Labute approximate surface area is 92.1 Å². The highest BCUT2D eigenvalue weighted by molar-refractivity contribution is 5.60. The van der Waals surface area contributed by atoms with Crippen molar-refractivity contribution >= 4 is 11.4 Å². The molecule has 1 aromatic carbocycles. The minimum absolute atomic E-state index is 0.278. The number of anilines is 2. The molecule has 15 heavy (non-hydrogen) atoms. The first-order valence-electron chi connectivity index (χ1n) is 5.64. The summed E-state index contributed by atoms with van der Waals surface area (Å²) in [5.74, 6) is 0. The van der Waals surface area contributed by atoms with Crippen LogP contribution in [-0.4, -0.2) is 12.1 Å². The summed E-state index contributed by atoms with van der Waals surface area (Å²) in [6.07, 6.45) is 2.54. The summed E-state index contributed by atoms with van der Waals surface area (Å²) in [7, 11) is 0. The quantitative estimate of drug-likeness (QED) is 0.713. The summed E-state index contributed by atoms with van der Waals surface area (Å²) in [6, 6.07) is 6.33. The van der Waals surface area contributed by atoms with Gasteiger partial charge in [0.05, 0.1) is 0 Å². The fourth-order valence-electron chi connectivity index (χ4n) is 2.53. The van der Waals surface area contributed by atoms with E-state index in [1.54, 1.807) is 0 Å². The highest BCUT2D eigenvalue weighted by Gasteiger charge is 2.31. The van der Waals surface area contributed by atoms with Crippen molar-refractivity contribution in [2.75, 3.05) is 17.2 Å². The molecule has 1 aliphatic rings. The molecule has 0 unspecified atom stereocenters. The Hall–Kier alpha value is -1.18. The van der Waals surface area contributed by atoms with Gasteiger partial charge in [-0.1, -0.05) is 0 Å². The van der Waals surface area contributed by atoms with Crippen molar-refractivity contribution in [3.63, 3.8) is 0 Å². The van der Waals surface area contributed by atoms with Crippen molar-refractivity contribution in [2.24, 2.45) is 0 Å². The van der Waals surface area contributed by atoms with Crippen molar-refractivity contribution in [2.45, 2.75) is 39.2 Å². The molecule has 0 amide bonds. The lowest BCUT2D eigenvalue weighted by atomic mass is 10.0. The number of rotatable bonds is 1. The summed E-state index contributed by atoms with van der Waals surface area (Å²) in [6.45, 7) is 7.86. The molecule has 2 rings (SSSR count). The molecule has 0 saturated carbocycles. The molecule has 1 saturated heterocycles. The van der Waals surface area contributed by atoms with Crippen molar-refractivity contribution in [3.05, 3.63) is 23.8 Å². The summed E-state index contributed by atoms with van der Waals surface area (Å²) >= 11 is 0. The van der Waals surface area contributed by atoms with E-state index in [0.29, 0.717) is 0 Å². The highest BCUT2D eigenvalue weighted by Crippen LogP contribution is 2.34. The Morgan fingerprint density at radius 3 is 2.53 bits per heavy atom. The average molecular weight is 204 g/mol. The summed E-state index contributed by atoms with van der Waals surface area (Å²) < 4.78 is 0. The Bertz CT molecular complexity index is 349. The van der Waals surface area contributed by atoms with Crippen LogP contribution in [0.5, 0.6) is 0 Å². The number of benzene rings is 1. The van der Waals surface area contributed by atoms with E-state index >= 15 is 0 Å². The molecule has 0 bridgehead atoms. The normalized spacial score (nSPS) is 19.5. The maximum atomic E-state index is 5.89. The minimum Gasteiger partial charge on any atom is -0.399 e. The van der Waals surface area contributed by atoms with Gasteiger partial charge in [0.1, 0.15) is 0 Å². The fraction of sp³-hybridized carbons (Fsp3) is 0.538. The number of hydrogen-bond donors (Lipinski definition) is 1. The first-order valence-corrected chi connectivity index (χ1v) is 5.64. The maximum absolute atomic E-state index is 5.89. The number of aryl methyl sites for hydroxylation is 1. The fourth-order valence-corrected chi connectivity index (χ4v) is 2.53. The average Bonchev–Trinajstić information content (AvgIpc) is 2.43. The molecule has 0 atom stereocenters. The third-order valence-electron chi connectivity index (χ3n) is 3.30. The van der Waals surface area contributed by atoms with Gasteiger partial charge in [0.25, 0.3) is 0 Å². The zero-order valence-corrected chi connectivity index (χ0v) is 9.88.